The van der Waals surface area contributed by atoms with Crippen LogP contribution in [-0.4, -0.2) is 33.5 Å². The van der Waals surface area contributed by atoms with Gasteiger partial charge in [0.2, 0.25) is 0 Å². The number of fused-ring (bicyclic) bond motifs is 1. The van der Waals surface area contributed by atoms with Crippen molar-refractivity contribution in [1.29, 1.82) is 0 Å². The first-order chi connectivity index (χ1) is 14.0. The van der Waals surface area contributed by atoms with E-state index in [1.165, 1.54) is 16.0 Å². The first-order valence-electron chi connectivity index (χ1n) is 9.95. The van der Waals surface area contributed by atoms with E-state index in [0.29, 0.717) is 0 Å². The van der Waals surface area contributed by atoms with E-state index in [1.54, 1.807) is 17.5 Å². The number of hydrogen-bond donors (Lipinski definition) is 1. The third kappa shape index (κ3) is 4.41. The molecule has 1 atom stereocenters. The Kier molecular flexibility index (Phi) is 5.78. The van der Waals surface area contributed by atoms with Gasteiger partial charge in [-0.25, -0.2) is 0 Å². The SMILES string of the molecule is Cc1noc(C)c1CN1CCc2c(C(=O)NC(C)Cc3ccccn3)csc2C1. The van der Waals surface area contributed by atoms with Gasteiger partial charge in [0.05, 0.1) is 11.3 Å². The number of thiophene rings is 1. The van der Waals surface area contributed by atoms with Crippen molar-refractivity contribution in [2.24, 2.45) is 0 Å². The monoisotopic (exact) mass is 410 g/mol. The van der Waals surface area contributed by atoms with Crippen LogP contribution in [-0.2, 0) is 25.9 Å². The maximum atomic E-state index is 12.8. The van der Waals surface area contributed by atoms with Crippen LogP contribution in [0.3, 0.4) is 0 Å². The van der Waals surface area contributed by atoms with E-state index in [0.717, 1.165) is 55.2 Å². The molecule has 7 heteroatoms. The lowest BCUT2D eigenvalue weighted by molar-refractivity contribution is 0.0938. The van der Waals surface area contributed by atoms with Crippen molar-refractivity contribution in [2.75, 3.05) is 6.54 Å². The first-order valence-corrected chi connectivity index (χ1v) is 10.8. The molecular weight excluding hydrogens is 384 g/mol. The van der Waals surface area contributed by atoms with Crippen LogP contribution in [0.5, 0.6) is 0 Å². The number of carbonyl (C=O) groups excluding carboxylic acids is 1. The third-order valence-electron chi connectivity index (χ3n) is 5.45. The fourth-order valence-electron chi connectivity index (χ4n) is 3.84. The van der Waals surface area contributed by atoms with Crippen molar-refractivity contribution in [1.82, 2.24) is 20.4 Å². The molecule has 3 aromatic rings. The minimum absolute atomic E-state index is 0.0186. The number of aryl methyl sites for hydroxylation is 2. The lowest BCUT2D eigenvalue weighted by atomic mass is 10.0. The Morgan fingerprint density at radius 2 is 2.24 bits per heavy atom. The Labute approximate surface area is 174 Å². The molecule has 152 valence electrons. The second-order valence-corrected chi connectivity index (χ2v) is 8.68. The summed E-state index contributed by atoms with van der Waals surface area (Å²) in [6, 6.07) is 5.90. The van der Waals surface area contributed by atoms with Crippen molar-refractivity contribution in [3.8, 4) is 0 Å². The van der Waals surface area contributed by atoms with E-state index in [1.807, 2.05) is 44.4 Å². The van der Waals surface area contributed by atoms with Crippen LogP contribution in [0.2, 0.25) is 0 Å². The third-order valence-corrected chi connectivity index (χ3v) is 6.47. The molecule has 0 spiro atoms. The molecule has 1 amide bonds. The highest BCUT2D eigenvalue weighted by Gasteiger charge is 2.25. The molecule has 0 aromatic carbocycles. The molecule has 0 saturated heterocycles. The van der Waals surface area contributed by atoms with Crippen LogP contribution < -0.4 is 5.32 Å². The molecule has 0 bridgehead atoms. The van der Waals surface area contributed by atoms with E-state index < -0.39 is 0 Å². The highest BCUT2D eigenvalue weighted by Crippen LogP contribution is 2.30. The van der Waals surface area contributed by atoms with E-state index in [-0.39, 0.29) is 11.9 Å². The fraction of sp³-hybridized carbons (Fsp3) is 0.409. The van der Waals surface area contributed by atoms with E-state index in [4.69, 9.17) is 4.52 Å². The molecule has 1 unspecified atom stereocenters. The Bertz CT molecular complexity index is 976. The summed E-state index contributed by atoms with van der Waals surface area (Å²) in [7, 11) is 0. The second kappa shape index (κ2) is 8.47. The van der Waals surface area contributed by atoms with Gasteiger partial charge >= 0.3 is 0 Å². The fourth-order valence-corrected chi connectivity index (χ4v) is 4.96. The quantitative estimate of drug-likeness (QED) is 0.671. The first kappa shape index (κ1) is 19.8. The van der Waals surface area contributed by atoms with E-state index in [9.17, 15) is 4.79 Å². The summed E-state index contributed by atoms with van der Waals surface area (Å²) in [6.07, 6.45) is 3.40. The van der Waals surface area contributed by atoms with Gasteiger partial charge in [-0.2, -0.15) is 0 Å². The highest BCUT2D eigenvalue weighted by molar-refractivity contribution is 7.10. The number of nitrogens with zero attached hydrogens (tertiary/aromatic N) is 3. The van der Waals surface area contributed by atoms with Crippen molar-refractivity contribution < 1.29 is 9.32 Å². The van der Waals surface area contributed by atoms with Crippen LogP contribution in [0.25, 0.3) is 0 Å². The van der Waals surface area contributed by atoms with Crippen LogP contribution in [0.4, 0.5) is 0 Å². The predicted molar refractivity (Wildman–Crippen MR) is 113 cm³/mol. The summed E-state index contributed by atoms with van der Waals surface area (Å²) in [5.41, 5.74) is 5.15. The molecule has 3 aromatic heterocycles. The van der Waals surface area contributed by atoms with Crippen LogP contribution in [0.1, 0.15) is 50.4 Å². The van der Waals surface area contributed by atoms with E-state index >= 15 is 0 Å². The maximum absolute atomic E-state index is 12.8. The van der Waals surface area contributed by atoms with Gasteiger partial charge in [0.25, 0.3) is 5.91 Å². The zero-order chi connectivity index (χ0) is 20.4. The molecule has 0 saturated carbocycles. The normalized spacial score (nSPS) is 15.1. The average molecular weight is 411 g/mol. The maximum Gasteiger partial charge on any atom is 0.252 e. The molecule has 4 rings (SSSR count). The number of hydrogen-bond acceptors (Lipinski definition) is 6. The van der Waals surface area contributed by atoms with Gasteiger partial charge in [0.15, 0.2) is 0 Å². The van der Waals surface area contributed by atoms with Gasteiger partial charge in [-0.3, -0.25) is 14.7 Å². The number of pyridine rings is 1. The Morgan fingerprint density at radius 3 is 2.97 bits per heavy atom. The summed E-state index contributed by atoms with van der Waals surface area (Å²) in [5.74, 6) is 0.909. The van der Waals surface area contributed by atoms with Crippen molar-refractivity contribution in [2.45, 2.75) is 52.7 Å². The van der Waals surface area contributed by atoms with Gasteiger partial charge in [-0.15, -0.1) is 11.3 Å². The molecular formula is C22H26N4O2S. The molecule has 0 radical (unpaired) electrons. The van der Waals surface area contributed by atoms with Crippen LogP contribution >= 0.6 is 11.3 Å². The molecule has 0 aliphatic carbocycles. The number of carbonyl (C=O) groups is 1. The van der Waals surface area contributed by atoms with Gasteiger partial charge < -0.3 is 9.84 Å². The summed E-state index contributed by atoms with van der Waals surface area (Å²) in [6.45, 7) is 8.60. The van der Waals surface area contributed by atoms with Crippen molar-refractivity contribution in [3.63, 3.8) is 0 Å². The van der Waals surface area contributed by atoms with Gasteiger partial charge in [-0.05, 0) is 44.9 Å². The summed E-state index contributed by atoms with van der Waals surface area (Å²) < 4.78 is 5.29. The highest BCUT2D eigenvalue weighted by atomic mass is 32.1. The molecule has 6 nitrogen and oxygen atoms in total. The summed E-state index contributed by atoms with van der Waals surface area (Å²) >= 11 is 1.68. The van der Waals surface area contributed by atoms with Crippen LogP contribution in [0, 0.1) is 13.8 Å². The Morgan fingerprint density at radius 1 is 1.38 bits per heavy atom. The predicted octanol–water partition coefficient (Wildman–Crippen LogP) is 3.67. The van der Waals surface area contributed by atoms with Crippen molar-refractivity contribution >= 4 is 17.2 Å². The van der Waals surface area contributed by atoms with Gasteiger partial charge in [-0.1, -0.05) is 11.2 Å². The zero-order valence-corrected chi connectivity index (χ0v) is 17.9. The second-order valence-electron chi connectivity index (χ2n) is 7.71. The van der Waals surface area contributed by atoms with Crippen LogP contribution in [0.15, 0.2) is 34.3 Å². The van der Waals surface area contributed by atoms with E-state index in [2.05, 4.69) is 20.4 Å². The van der Waals surface area contributed by atoms with Crippen molar-refractivity contribution in [3.05, 3.63) is 68.5 Å². The number of aromatic nitrogens is 2. The summed E-state index contributed by atoms with van der Waals surface area (Å²) in [5, 5.41) is 9.20. The smallest absolute Gasteiger partial charge is 0.252 e. The lowest BCUT2D eigenvalue weighted by Crippen LogP contribution is -2.35. The number of nitrogens with one attached hydrogen (secondary N) is 1. The molecule has 0 fully saturated rings. The lowest BCUT2D eigenvalue weighted by Gasteiger charge is -2.27. The molecule has 1 aliphatic rings. The molecule has 1 N–H and O–H groups in total. The Balaban J connectivity index is 1.39. The molecule has 29 heavy (non-hydrogen) atoms. The largest absolute Gasteiger partial charge is 0.361 e. The van der Waals surface area contributed by atoms with Gasteiger partial charge in [0, 0.05) is 59.8 Å². The number of rotatable bonds is 6. The molecule has 1 aliphatic heterocycles. The number of amides is 1. The zero-order valence-electron chi connectivity index (χ0n) is 17.1. The summed E-state index contributed by atoms with van der Waals surface area (Å²) in [4.78, 5) is 20.9. The minimum Gasteiger partial charge on any atom is -0.361 e. The standard InChI is InChI=1S/C22H26N4O2S/c1-14(10-17-6-4-5-8-23-17)24-22(27)20-13-29-21-12-26(9-7-18(20)21)11-19-15(2)25-28-16(19)3/h4-6,8,13-14H,7,9-12H2,1-3H3,(H,24,27). The topological polar surface area (TPSA) is 71.3 Å². The van der Waals surface area contributed by atoms with Gasteiger partial charge in [0.1, 0.15) is 5.76 Å². The minimum atomic E-state index is 0.0186. The molecule has 4 heterocycles. The Hall–Kier alpha value is -2.51. The average Bonchev–Trinajstić information content (AvgIpc) is 3.27.